The molecule has 2 fully saturated rings. The monoisotopic (exact) mass is 490 g/mol. The van der Waals surface area contributed by atoms with Gasteiger partial charge in [0, 0.05) is 19.0 Å². The fourth-order valence-electron chi connectivity index (χ4n) is 5.14. The molecule has 2 aliphatic rings. The van der Waals surface area contributed by atoms with Crippen LogP contribution in [0.4, 0.5) is 13.2 Å². The number of nitrogens with one attached hydrogen (secondary N) is 1. The van der Waals surface area contributed by atoms with Gasteiger partial charge in [0.1, 0.15) is 11.3 Å². The molecule has 2 N–H and O–H groups in total. The summed E-state index contributed by atoms with van der Waals surface area (Å²) in [6, 6.07) is 12.8. The van der Waals surface area contributed by atoms with Crippen molar-refractivity contribution in [1.82, 2.24) is 10.2 Å². The maximum absolute atomic E-state index is 13.5. The zero-order valence-corrected chi connectivity index (χ0v) is 18.9. The van der Waals surface area contributed by atoms with Crippen LogP contribution in [0.2, 0.25) is 0 Å². The van der Waals surface area contributed by atoms with E-state index in [1.165, 1.54) is 12.1 Å². The van der Waals surface area contributed by atoms with E-state index in [1.54, 1.807) is 30.3 Å². The van der Waals surface area contributed by atoms with Gasteiger partial charge in [-0.2, -0.15) is 0 Å². The lowest BCUT2D eigenvalue weighted by atomic mass is 9.76. The lowest BCUT2D eigenvalue weighted by Gasteiger charge is -2.31. The summed E-state index contributed by atoms with van der Waals surface area (Å²) < 4.78 is 42.4. The molecule has 2 aromatic rings. The first-order valence-corrected chi connectivity index (χ1v) is 11.3. The smallest absolute Gasteiger partial charge is 0.480 e. The van der Waals surface area contributed by atoms with Crippen LogP contribution in [0.15, 0.2) is 54.6 Å². The van der Waals surface area contributed by atoms with E-state index in [9.17, 15) is 32.7 Å². The van der Waals surface area contributed by atoms with E-state index in [-0.39, 0.29) is 18.5 Å². The number of alkyl halides is 3. The number of carboxylic acids is 1. The van der Waals surface area contributed by atoms with Crippen molar-refractivity contribution in [3.05, 3.63) is 65.7 Å². The van der Waals surface area contributed by atoms with Crippen LogP contribution in [0.25, 0.3) is 0 Å². The van der Waals surface area contributed by atoms with Crippen molar-refractivity contribution in [2.24, 2.45) is 11.8 Å². The number of imide groups is 1. The molecule has 0 bridgehead atoms. The molecule has 0 saturated carbocycles. The second-order valence-corrected chi connectivity index (χ2v) is 8.87. The molecule has 2 heterocycles. The number of fused-ring (bicyclic) bond motifs is 1. The number of carboxylic acid groups (broad SMARTS) is 1. The largest absolute Gasteiger partial charge is 0.573 e. The first-order chi connectivity index (χ1) is 16.6. The number of nitrogens with zero attached hydrogens (tertiary/aromatic N) is 1. The van der Waals surface area contributed by atoms with Gasteiger partial charge in [0.2, 0.25) is 11.8 Å². The summed E-state index contributed by atoms with van der Waals surface area (Å²) in [5, 5.41) is 13.4. The zero-order valence-electron chi connectivity index (χ0n) is 18.9. The Balaban J connectivity index is 1.80. The van der Waals surface area contributed by atoms with Crippen LogP contribution in [-0.4, -0.2) is 46.2 Å². The predicted octanol–water partition coefficient (Wildman–Crippen LogP) is 3.70. The predicted molar refractivity (Wildman–Crippen MR) is 118 cm³/mol. The lowest BCUT2D eigenvalue weighted by Crippen LogP contribution is -2.57. The Kier molecular flexibility index (Phi) is 6.59. The van der Waals surface area contributed by atoms with Crippen molar-refractivity contribution >= 4 is 17.8 Å². The number of likely N-dealkylation sites (tertiary alicyclic amines) is 1. The van der Waals surface area contributed by atoms with E-state index in [4.69, 9.17) is 0 Å². The minimum Gasteiger partial charge on any atom is -0.480 e. The molecule has 35 heavy (non-hydrogen) atoms. The van der Waals surface area contributed by atoms with E-state index >= 15 is 0 Å². The average Bonchev–Trinajstić information content (AvgIpc) is 3.26. The molecular formula is C25H25F3N2O5. The Hall–Kier alpha value is -3.40. The fourth-order valence-corrected chi connectivity index (χ4v) is 5.14. The average molecular weight is 490 g/mol. The first-order valence-electron chi connectivity index (χ1n) is 11.3. The summed E-state index contributed by atoms with van der Waals surface area (Å²) in [5.41, 5.74) is -0.953. The van der Waals surface area contributed by atoms with Crippen LogP contribution in [0.5, 0.6) is 5.75 Å². The van der Waals surface area contributed by atoms with Gasteiger partial charge in [-0.25, -0.2) is 0 Å². The molecule has 4 rings (SSSR count). The van der Waals surface area contributed by atoms with Crippen LogP contribution in [-0.2, 0) is 20.8 Å². The third-order valence-electron chi connectivity index (χ3n) is 6.64. The van der Waals surface area contributed by atoms with E-state index in [0.29, 0.717) is 12.0 Å². The van der Waals surface area contributed by atoms with Crippen molar-refractivity contribution < 1.29 is 37.4 Å². The quantitative estimate of drug-likeness (QED) is 0.548. The van der Waals surface area contributed by atoms with Crippen LogP contribution >= 0.6 is 0 Å². The van der Waals surface area contributed by atoms with Crippen LogP contribution in [0, 0.1) is 11.8 Å². The van der Waals surface area contributed by atoms with Crippen molar-refractivity contribution in [2.75, 3.05) is 6.54 Å². The fraction of sp³-hybridized carbons (Fsp3) is 0.400. The molecule has 2 aromatic carbocycles. The van der Waals surface area contributed by atoms with Crippen LogP contribution in [0.3, 0.4) is 0 Å². The molecule has 2 aliphatic heterocycles. The molecule has 4 atom stereocenters. The Morgan fingerprint density at radius 2 is 1.83 bits per heavy atom. The Morgan fingerprint density at radius 3 is 2.46 bits per heavy atom. The lowest BCUT2D eigenvalue weighted by molar-refractivity contribution is -0.274. The van der Waals surface area contributed by atoms with Gasteiger partial charge in [0.15, 0.2) is 0 Å². The molecule has 10 heteroatoms. The Morgan fingerprint density at radius 1 is 1.11 bits per heavy atom. The molecule has 2 saturated heterocycles. The summed E-state index contributed by atoms with van der Waals surface area (Å²) >= 11 is 0. The Labute approximate surface area is 199 Å². The third kappa shape index (κ3) is 4.62. The van der Waals surface area contributed by atoms with E-state index in [2.05, 4.69) is 10.1 Å². The third-order valence-corrected chi connectivity index (χ3v) is 6.64. The standard InChI is InChI=1S/C25H25F3N2O5/c1-2-3-12-30-21(31)18-19(22(30)32)24(23(33)34,14-15-8-5-4-6-9-15)29-20(18)16-10-7-11-17(13-16)35-25(26,27)28/h4-11,13,18-20,29H,2-3,12,14H2,1H3,(H,33,34). The number of benzene rings is 2. The number of halogens is 3. The minimum atomic E-state index is -4.92. The molecule has 2 amide bonds. The second kappa shape index (κ2) is 9.33. The summed E-state index contributed by atoms with van der Waals surface area (Å²) in [6.45, 7) is 2.06. The number of hydrogen-bond acceptors (Lipinski definition) is 5. The van der Waals surface area contributed by atoms with Gasteiger partial charge in [-0.3, -0.25) is 24.6 Å². The number of carbonyl (C=O) groups excluding carboxylic acids is 2. The van der Waals surface area contributed by atoms with Crippen molar-refractivity contribution in [3.8, 4) is 5.75 Å². The molecular weight excluding hydrogens is 465 g/mol. The second-order valence-electron chi connectivity index (χ2n) is 8.87. The molecule has 0 aromatic heterocycles. The highest BCUT2D eigenvalue weighted by Crippen LogP contribution is 2.50. The maximum Gasteiger partial charge on any atom is 0.573 e. The SMILES string of the molecule is CCCCN1C(=O)C2C(c3cccc(OC(F)(F)F)c3)NC(Cc3ccccc3)(C(=O)O)C2C1=O. The first kappa shape index (κ1) is 24.7. The zero-order chi connectivity index (χ0) is 25.4. The normalized spacial score (nSPS) is 26.2. The van der Waals surface area contributed by atoms with Gasteiger partial charge in [-0.1, -0.05) is 55.8 Å². The van der Waals surface area contributed by atoms with Crippen molar-refractivity contribution in [2.45, 2.75) is 44.1 Å². The van der Waals surface area contributed by atoms with Gasteiger partial charge >= 0.3 is 12.3 Å². The van der Waals surface area contributed by atoms with Crippen LogP contribution < -0.4 is 10.1 Å². The van der Waals surface area contributed by atoms with Gasteiger partial charge < -0.3 is 9.84 Å². The summed E-state index contributed by atoms with van der Waals surface area (Å²) in [6.07, 6.45) is -3.72. The number of unbranched alkanes of at least 4 members (excludes halogenated alkanes) is 1. The van der Waals surface area contributed by atoms with Gasteiger partial charge in [-0.05, 0) is 29.7 Å². The van der Waals surface area contributed by atoms with Gasteiger partial charge in [0.25, 0.3) is 0 Å². The number of amides is 2. The molecule has 186 valence electrons. The molecule has 0 spiro atoms. The van der Waals surface area contributed by atoms with E-state index in [1.807, 2.05) is 6.92 Å². The number of aliphatic carboxylic acids is 1. The molecule has 4 unspecified atom stereocenters. The number of hydrogen-bond donors (Lipinski definition) is 2. The number of ether oxygens (including phenoxy) is 1. The van der Waals surface area contributed by atoms with Gasteiger partial charge in [0.05, 0.1) is 11.8 Å². The summed E-state index contributed by atoms with van der Waals surface area (Å²) in [5.74, 6) is -5.21. The minimum absolute atomic E-state index is 0.0831. The maximum atomic E-state index is 13.5. The summed E-state index contributed by atoms with van der Waals surface area (Å²) in [7, 11) is 0. The highest BCUT2D eigenvalue weighted by Gasteiger charge is 2.68. The number of rotatable bonds is 8. The number of carbonyl (C=O) groups is 3. The molecule has 0 aliphatic carbocycles. The summed E-state index contributed by atoms with van der Waals surface area (Å²) in [4.78, 5) is 40.8. The van der Waals surface area contributed by atoms with Crippen molar-refractivity contribution in [3.63, 3.8) is 0 Å². The van der Waals surface area contributed by atoms with Crippen molar-refractivity contribution in [1.29, 1.82) is 0 Å². The van der Waals surface area contributed by atoms with Crippen LogP contribution in [0.1, 0.15) is 36.9 Å². The van der Waals surface area contributed by atoms with E-state index in [0.717, 1.165) is 23.5 Å². The highest BCUT2D eigenvalue weighted by atomic mass is 19.4. The Bertz CT molecular complexity index is 1120. The highest BCUT2D eigenvalue weighted by molar-refractivity contribution is 6.09. The molecule has 0 radical (unpaired) electrons. The van der Waals surface area contributed by atoms with E-state index < -0.39 is 53.3 Å². The topological polar surface area (TPSA) is 95.9 Å². The van der Waals surface area contributed by atoms with Gasteiger partial charge in [-0.15, -0.1) is 13.2 Å². The molecule has 7 nitrogen and oxygen atoms in total.